The fourth-order valence-electron chi connectivity index (χ4n) is 1.59. The molecule has 2 rings (SSSR count). The molecule has 0 aliphatic rings. The van der Waals surface area contributed by atoms with Crippen LogP contribution in [0.15, 0.2) is 47.4 Å². The van der Waals surface area contributed by atoms with Crippen LogP contribution in [0.4, 0.5) is 10.1 Å². The zero-order chi connectivity index (χ0) is 15.6. The quantitative estimate of drug-likeness (QED) is 0.924. The number of anilines is 1. The van der Waals surface area contributed by atoms with E-state index in [-0.39, 0.29) is 5.69 Å². The monoisotopic (exact) mass is 328 g/mol. The number of halogens is 2. The van der Waals surface area contributed by atoms with Crippen molar-refractivity contribution in [3.63, 3.8) is 0 Å². The fourth-order valence-corrected chi connectivity index (χ4v) is 2.86. The Labute approximate surface area is 125 Å². The van der Waals surface area contributed by atoms with E-state index in [1.807, 2.05) is 0 Å². The Morgan fingerprint density at radius 2 is 1.90 bits per heavy atom. The van der Waals surface area contributed by atoms with Crippen LogP contribution in [0.25, 0.3) is 0 Å². The maximum atomic E-state index is 13.2. The van der Waals surface area contributed by atoms with Gasteiger partial charge in [-0.3, -0.25) is 4.72 Å². The summed E-state index contributed by atoms with van der Waals surface area (Å²) >= 11 is 5.74. The zero-order valence-electron chi connectivity index (χ0n) is 10.3. The largest absolute Gasteiger partial charge is 0.545 e. The molecule has 0 heterocycles. The van der Waals surface area contributed by atoms with Gasteiger partial charge < -0.3 is 9.90 Å². The van der Waals surface area contributed by atoms with Gasteiger partial charge in [0.15, 0.2) is 0 Å². The molecule has 0 aliphatic heterocycles. The number of carbonyl (C=O) groups is 1. The number of benzene rings is 2. The van der Waals surface area contributed by atoms with E-state index in [0.717, 1.165) is 12.1 Å². The standard InChI is InChI=1S/C13H9ClFNO4S/c14-8-2-1-3-9(6-8)16-21(19,20)10-4-5-12(15)11(7-10)13(17)18/h1-7,16H,(H,17,18)/p-1. The van der Waals surface area contributed by atoms with Crippen LogP contribution in [0.3, 0.4) is 0 Å². The maximum absolute atomic E-state index is 13.2. The lowest BCUT2D eigenvalue weighted by Crippen LogP contribution is -2.24. The molecular weight excluding hydrogens is 321 g/mol. The lowest BCUT2D eigenvalue weighted by molar-refractivity contribution is -0.255. The number of carboxylic acids is 1. The van der Waals surface area contributed by atoms with Gasteiger partial charge in [0.2, 0.25) is 0 Å². The Morgan fingerprint density at radius 1 is 1.19 bits per heavy atom. The Bertz CT molecular complexity index is 808. The second-order valence-electron chi connectivity index (χ2n) is 4.04. The van der Waals surface area contributed by atoms with E-state index in [2.05, 4.69) is 4.72 Å². The molecule has 0 spiro atoms. The van der Waals surface area contributed by atoms with Gasteiger partial charge in [-0.05, 0) is 36.4 Å². The maximum Gasteiger partial charge on any atom is 0.261 e. The van der Waals surface area contributed by atoms with Crippen molar-refractivity contribution >= 4 is 33.3 Å². The van der Waals surface area contributed by atoms with Gasteiger partial charge in [-0.1, -0.05) is 17.7 Å². The minimum Gasteiger partial charge on any atom is -0.545 e. The molecule has 0 bridgehead atoms. The number of nitrogens with one attached hydrogen (secondary N) is 1. The van der Waals surface area contributed by atoms with Gasteiger partial charge in [-0.25, -0.2) is 12.8 Å². The van der Waals surface area contributed by atoms with Gasteiger partial charge >= 0.3 is 0 Å². The molecule has 21 heavy (non-hydrogen) atoms. The van der Waals surface area contributed by atoms with Gasteiger partial charge in [-0.15, -0.1) is 0 Å². The number of carboxylic acid groups (broad SMARTS) is 1. The summed E-state index contributed by atoms with van der Waals surface area (Å²) in [6, 6.07) is 8.33. The molecule has 0 saturated carbocycles. The third-order valence-electron chi connectivity index (χ3n) is 2.54. The van der Waals surface area contributed by atoms with E-state index >= 15 is 0 Å². The first kappa shape index (κ1) is 15.3. The van der Waals surface area contributed by atoms with Crippen LogP contribution in [0.5, 0.6) is 0 Å². The van der Waals surface area contributed by atoms with Crippen LogP contribution in [0.1, 0.15) is 10.4 Å². The molecular formula is C13H8ClFNO4S-. The molecule has 0 radical (unpaired) electrons. The van der Waals surface area contributed by atoms with Gasteiger partial charge in [0.1, 0.15) is 5.82 Å². The Hall–Kier alpha value is -2.12. The highest BCUT2D eigenvalue weighted by Crippen LogP contribution is 2.21. The van der Waals surface area contributed by atoms with Gasteiger partial charge in [0.05, 0.1) is 16.6 Å². The van der Waals surface area contributed by atoms with Crippen LogP contribution in [0.2, 0.25) is 5.02 Å². The van der Waals surface area contributed by atoms with Crippen molar-refractivity contribution in [2.24, 2.45) is 0 Å². The number of carbonyl (C=O) groups excluding carboxylic acids is 1. The van der Waals surface area contributed by atoms with E-state index in [1.165, 1.54) is 18.2 Å². The molecule has 0 fully saturated rings. The zero-order valence-corrected chi connectivity index (χ0v) is 11.9. The summed E-state index contributed by atoms with van der Waals surface area (Å²) in [4.78, 5) is 10.3. The summed E-state index contributed by atoms with van der Waals surface area (Å²) in [6.45, 7) is 0. The molecule has 110 valence electrons. The number of sulfonamides is 1. The van der Waals surface area contributed by atoms with Crippen molar-refractivity contribution in [1.29, 1.82) is 0 Å². The van der Waals surface area contributed by atoms with Crippen molar-refractivity contribution in [2.75, 3.05) is 4.72 Å². The molecule has 2 aromatic rings. The Morgan fingerprint density at radius 3 is 2.52 bits per heavy atom. The van der Waals surface area contributed by atoms with Crippen molar-refractivity contribution in [1.82, 2.24) is 0 Å². The van der Waals surface area contributed by atoms with Crippen molar-refractivity contribution < 1.29 is 22.7 Å². The highest BCUT2D eigenvalue weighted by atomic mass is 35.5. The van der Waals surface area contributed by atoms with Crippen LogP contribution >= 0.6 is 11.6 Å². The predicted octanol–water partition coefficient (Wildman–Crippen LogP) is 1.64. The van der Waals surface area contributed by atoms with E-state index in [9.17, 15) is 22.7 Å². The first-order valence-electron chi connectivity index (χ1n) is 5.59. The summed E-state index contributed by atoms with van der Waals surface area (Å²) in [7, 11) is -4.07. The lowest BCUT2D eigenvalue weighted by Gasteiger charge is -2.10. The van der Waals surface area contributed by atoms with Crippen LogP contribution in [-0.4, -0.2) is 14.4 Å². The smallest absolute Gasteiger partial charge is 0.261 e. The van der Waals surface area contributed by atoms with E-state index in [0.29, 0.717) is 11.1 Å². The van der Waals surface area contributed by atoms with E-state index in [1.54, 1.807) is 6.07 Å². The first-order valence-corrected chi connectivity index (χ1v) is 7.45. The molecule has 1 N–H and O–H groups in total. The van der Waals surface area contributed by atoms with Crippen LogP contribution < -0.4 is 9.83 Å². The van der Waals surface area contributed by atoms with Crippen molar-refractivity contribution in [3.05, 3.63) is 58.9 Å². The number of aromatic carboxylic acids is 1. The summed E-state index contributed by atoms with van der Waals surface area (Å²) in [5.41, 5.74) is -0.634. The molecule has 0 unspecified atom stereocenters. The summed E-state index contributed by atoms with van der Waals surface area (Å²) < 4.78 is 39.7. The van der Waals surface area contributed by atoms with Crippen molar-refractivity contribution in [2.45, 2.75) is 4.90 Å². The second-order valence-corrected chi connectivity index (χ2v) is 6.16. The topological polar surface area (TPSA) is 86.3 Å². The average Bonchev–Trinajstić information content (AvgIpc) is 2.38. The summed E-state index contributed by atoms with van der Waals surface area (Å²) in [5.74, 6) is -2.87. The van der Waals surface area contributed by atoms with Gasteiger partial charge in [-0.2, -0.15) is 0 Å². The third kappa shape index (κ3) is 3.50. The normalized spacial score (nSPS) is 11.1. The molecule has 0 amide bonds. The average molecular weight is 329 g/mol. The third-order valence-corrected chi connectivity index (χ3v) is 4.16. The minimum absolute atomic E-state index is 0.196. The Kier molecular flexibility index (Phi) is 4.15. The molecule has 0 atom stereocenters. The second kappa shape index (κ2) is 5.71. The highest BCUT2D eigenvalue weighted by molar-refractivity contribution is 7.92. The SMILES string of the molecule is O=C([O-])c1cc(S(=O)(=O)Nc2cccc(Cl)c2)ccc1F. The molecule has 2 aromatic carbocycles. The summed E-state index contributed by atoms with van der Waals surface area (Å²) in [5, 5.41) is 11.0. The van der Waals surface area contributed by atoms with Crippen LogP contribution in [0, 0.1) is 5.82 Å². The predicted molar refractivity (Wildman–Crippen MR) is 73.0 cm³/mol. The van der Waals surface area contributed by atoms with E-state index < -0.39 is 32.3 Å². The highest BCUT2D eigenvalue weighted by Gasteiger charge is 2.17. The molecule has 8 heteroatoms. The van der Waals surface area contributed by atoms with Gasteiger partial charge in [0, 0.05) is 10.6 Å². The van der Waals surface area contributed by atoms with Crippen molar-refractivity contribution in [3.8, 4) is 0 Å². The minimum atomic E-state index is -4.07. The van der Waals surface area contributed by atoms with E-state index in [4.69, 9.17) is 11.6 Å². The Balaban J connectivity index is 2.40. The molecule has 0 saturated heterocycles. The summed E-state index contributed by atoms with van der Waals surface area (Å²) in [6.07, 6.45) is 0. The first-order chi connectivity index (χ1) is 9.79. The number of hydrogen-bond donors (Lipinski definition) is 1. The molecule has 0 aromatic heterocycles. The number of hydrogen-bond acceptors (Lipinski definition) is 4. The molecule has 0 aliphatic carbocycles. The fraction of sp³-hybridized carbons (Fsp3) is 0. The molecule has 5 nitrogen and oxygen atoms in total. The van der Waals surface area contributed by atoms with Crippen LogP contribution in [-0.2, 0) is 10.0 Å². The number of rotatable bonds is 4. The van der Waals surface area contributed by atoms with Gasteiger partial charge in [0.25, 0.3) is 10.0 Å². The lowest BCUT2D eigenvalue weighted by atomic mass is 10.2.